The molecule has 0 radical (unpaired) electrons. The van der Waals surface area contributed by atoms with Gasteiger partial charge in [-0.3, -0.25) is 0 Å². The van der Waals surface area contributed by atoms with Crippen molar-refractivity contribution in [3.8, 4) is 5.75 Å². The summed E-state index contributed by atoms with van der Waals surface area (Å²) in [7, 11) is -2.80. The summed E-state index contributed by atoms with van der Waals surface area (Å²) >= 11 is 6.49. The Hall–Kier alpha value is -2.81. The smallest absolute Gasteiger partial charge is 0.336 e. The van der Waals surface area contributed by atoms with Crippen LogP contribution in [0.1, 0.15) is 46.1 Å². The van der Waals surface area contributed by atoms with Crippen LogP contribution in [0.5, 0.6) is 5.75 Å². The minimum Gasteiger partial charge on any atom is -0.466 e. The number of dihydropyridines is 1. The fraction of sp³-hybridized carbons (Fsp3) is 0.346. The van der Waals surface area contributed by atoms with E-state index in [9.17, 15) is 13.2 Å². The van der Waals surface area contributed by atoms with Crippen LogP contribution in [0.3, 0.4) is 0 Å². The Bertz CT molecular complexity index is 1270. The third kappa shape index (κ3) is 5.72. The van der Waals surface area contributed by atoms with Gasteiger partial charge < -0.3 is 19.5 Å². The summed E-state index contributed by atoms with van der Waals surface area (Å²) in [5.74, 6) is -1.11. The molecule has 9 heteroatoms. The van der Waals surface area contributed by atoms with E-state index in [-0.39, 0.29) is 21.5 Å². The van der Waals surface area contributed by atoms with E-state index in [0.717, 1.165) is 0 Å². The lowest BCUT2D eigenvalue weighted by atomic mass is 9.86. The van der Waals surface area contributed by atoms with E-state index < -0.39 is 28.0 Å². The highest BCUT2D eigenvalue weighted by Gasteiger charge is 2.41. The third-order valence-corrected chi connectivity index (χ3v) is 7.87. The highest BCUT2D eigenvalue weighted by Crippen LogP contribution is 2.45. The van der Waals surface area contributed by atoms with Gasteiger partial charge in [-0.15, -0.1) is 0 Å². The quantitative estimate of drug-likeness (QED) is 0.372. The summed E-state index contributed by atoms with van der Waals surface area (Å²) < 4.78 is 44.2. The van der Waals surface area contributed by atoms with E-state index in [2.05, 4.69) is 5.32 Å². The van der Waals surface area contributed by atoms with Crippen LogP contribution in [0.15, 0.2) is 75.3 Å². The molecule has 0 saturated carbocycles. The highest BCUT2D eigenvalue weighted by molar-refractivity contribution is 7.95. The van der Waals surface area contributed by atoms with E-state index in [1.54, 1.807) is 57.2 Å². The highest BCUT2D eigenvalue weighted by atomic mass is 35.5. The first-order chi connectivity index (χ1) is 16.5. The molecule has 0 spiro atoms. The normalized spacial score (nSPS) is 17.3. The zero-order chi connectivity index (χ0) is 25.9. The van der Waals surface area contributed by atoms with E-state index in [1.807, 2.05) is 13.8 Å². The molecular formula is C26H30ClNO6S. The Kier molecular flexibility index (Phi) is 8.30. The van der Waals surface area contributed by atoms with Gasteiger partial charge in [0, 0.05) is 16.4 Å². The van der Waals surface area contributed by atoms with E-state index in [4.69, 9.17) is 25.8 Å². The molecule has 0 saturated heterocycles. The van der Waals surface area contributed by atoms with Crippen LogP contribution < -0.4 is 10.1 Å². The zero-order valence-electron chi connectivity index (χ0n) is 20.6. The molecule has 1 aliphatic heterocycles. The Morgan fingerprint density at radius 3 is 2.20 bits per heavy atom. The van der Waals surface area contributed by atoms with Crippen molar-refractivity contribution >= 4 is 27.4 Å². The number of esters is 1. The number of carbonyl (C=O) groups excluding carboxylic acids is 1. The topological polar surface area (TPSA) is 90.9 Å². The maximum Gasteiger partial charge on any atom is 0.336 e. The van der Waals surface area contributed by atoms with Crippen molar-refractivity contribution in [1.82, 2.24) is 5.32 Å². The molecular weight excluding hydrogens is 490 g/mol. The lowest BCUT2D eigenvalue weighted by Crippen LogP contribution is -2.31. The Balaban J connectivity index is 2.09. The number of hydrogen-bond acceptors (Lipinski definition) is 7. The number of benzene rings is 2. The molecule has 0 amide bonds. The number of ether oxygens (including phenoxy) is 3. The van der Waals surface area contributed by atoms with Gasteiger partial charge in [-0.2, -0.15) is 0 Å². The molecule has 1 N–H and O–H groups in total. The van der Waals surface area contributed by atoms with Gasteiger partial charge >= 0.3 is 5.97 Å². The summed E-state index contributed by atoms with van der Waals surface area (Å²) in [5.41, 5.74) is 1.58. The summed E-state index contributed by atoms with van der Waals surface area (Å²) in [4.78, 5) is 12.9. The van der Waals surface area contributed by atoms with Gasteiger partial charge in [-0.1, -0.05) is 29.8 Å². The summed E-state index contributed by atoms with van der Waals surface area (Å²) in [6.45, 7) is 8.94. The Morgan fingerprint density at radius 2 is 1.63 bits per heavy atom. The molecule has 188 valence electrons. The van der Waals surface area contributed by atoms with Crippen molar-refractivity contribution in [1.29, 1.82) is 0 Å². The number of halogens is 1. The van der Waals surface area contributed by atoms with Crippen LogP contribution in [0, 0.1) is 0 Å². The average molecular weight is 520 g/mol. The van der Waals surface area contributed by atoms with Gasteiger partial charge in [-0.25, -0.2) is 13.2 Å². The largest absolute Gasteiger partial charge is 0.466 e. The standard InChI is InChI=1S/C26H30ClNO6S/c1-15(2)33-18(5)34-19-11-13-20(14-12-19)35(30,31)25-17(4)28-16(3)23(26(29)32-6)24(25)21-9-7-8-10-22(21)27/h7-15,18,24,28H,1-6H3. The molecule has 2 aromatic carbocycles. The molecule has 2 atom stereocenters. The maximum absolute atomic E-state index is 14.0. The second kappa shape index (κ2) is 10.8. The van der Waals surface area contributed by atoms with Crippen LogP contribution in [-0.4, -0.2) is 33.9 Å². The average Bonchev–Trinajstić information content (AvgIpc) is 2.78. The van der Waals surface area contributed by atoms with Crippen molar-refractivity contribution in [3.05, 3.63) is 81.0 Å². The molecule has 1 heterocycles. The molecule has 2 unspecified atom stereocenters. The number of nitrogens with one attached hydrogen (secondary N) is 1. The van der Waals surface area contributed by atoms with Gasteiger partial charge in [-0.05, 0) is 70.5 Å². The number of sulfone groups is 1. The molecule has 0 bridgehead atoms. The molecule has 3 rings (SSSR count). The minimum absolute atomic E-state index is 0.0133. The van der Waals surface area contributed by atoms with Crippen molar-refractivity contribution in [2.75, 3.05) is 7.11 Å². The van der Waals surface area contributed by atoms with Crippen LogP contribution in [0.2, 0.25) is 5.02 Å². The SMILES string of the molecule is COC(=O)C1=C(C)NC(C)=C(S(=O)(=O)c2ccc(OC(C)OC(C)C)cc2)C1c1ccccc1Cl. The first-order valence-corrected chi connectivity index (χ1v) is 13.0. The van der Waals surface area contributed by atoms with Crippen molar-refractivity contribution in [3.63, 3.8) is 0 Å². The second-order valence-electron chi connectivity index (χ2n) is 8.44. The molecule has 7 nitrogen and oxygen atoms in total. The van der Waals surface area contributed by atoms with Gasteiger partial charge in [0.2, 0.25) is 9.84 Å². The zero-order valence-corrected chi connectivity index (χ0v) is 22.2. The van der Waals surface area contributed by atoms with Crippen LogP contribution in [0.4, 0.5) is 0 Å². The van der Waals surface area contributed by atoms with Gasteiger partial charge in [0.15, 0.2) is 6.29 Å². The lowest BCUT2D eigenvalue weighted by Gasteiger charge is -2.31. The molecule has 35 heavy (non-hydrogen) atoms. The van der Waals surface area contributed by atoms with Crippen molar-refractivity contribution < 1.29 is 27.4 Å². The Morgan fingerprint density at radius 1 is 1.00 bits per heavy atom. The van der Waals surface area contributed by atoms with E-state index in [1.165, 1.54) is 19.2 Å². The molecule has 1 aliphatic rings. The Labute approximate surface area is 211 Å². The van der Waals surface area contributed by atoms with Crippen LogP contribution >= 0.6 is 11.6 Å². The van der Waals surface area contributed by atoms with Crippen LogP contribution in [-0.2, 0) is 24.1 Å². The number of methoxy groups -OCH3 is 1. The molecule has 0 aromatic heterocycles. The predicted molar refractivity (Wildman–Crippen MR) is 135 cm³/mol. The number of carbonyl (C=O) groups is 1. The first-order valence-electron chi connectivity index (χ1n) is 11.2. The third-order valence-electron chi connectivity index (χ3n) is 5.51. The van der Waals surface area contributed by atoms with Gasteiger partial charge in [0.05, 0.1) is 34.5 Å². The van der Waals surface area contributed by atoms with Crippen LogP contribution in [0.25, 0.3) is 0 Å². The number of rotatable bonds is 8. The van der Waals surface area contributed by atoms with Gasteiger partial charge in [0.1, 0.15) is 5.75 Å². The fourth-order valence-electron chi connectivity index (χ4n) is 4.14. The summed E-state index contributed by atoms with van der Waals surface area (Å²) in [5, 5.41) is 3.38. The summed E-state index contributed by atoms with van der Waals surface area (Å²) in [6.07, 6.45) is -0.508. The molecule has 2 aromatic rings. The second-order valence-corrected chi connectivity index (χ2v) is 10.8. The van der Waals surface area contributed by atoms with E-state index >= 15 is 0 Å². The number of allylic oxidation sites excluding steroid dienone is 3. The van der Waals surface area contributed by atoms with Crippen molar-refractivity contribution in [2.45, 2.75) is 57.8 Å². The minimum atomic E-state index is -4.06. The molecule has 0 aliphatic carbocycles. The predicted octanol–water partition coefficient (Wildman–Crippen LogP) is 5.33. The monoisotopic (exact) mass is 519 g/mol. The first kappa shape index (κ1) is 26.8. The van der Waals surface area contributed by atoms with E-state index in [0.29, 0.717) is 27.7 Å². The summed E-state index contributed by atoms with van der Waals surface area (Å²) in [6, 6.07) is 13.0. The fourth-order valence-corrected chi connectivity index (χ4v) is 6.15. The van der Waals surface area contributed by atoms with Gasteiger partial charge in [0.25, 0.3) is 0 Å². The number of hydrogen-bond donors (Lipinski definition) is 1. The maximum atomic E-state index is 14.0. The van der Waals surface area contributed by atoms with Crippen molar-refractivity contribution in [2.24, 2.45) is 0 Å². The lowest BCUT2D eigenvalue weighted by molar-refractivity contribution is -0.136. The molecule has 0 fully saturated rings.